The van der Waals surface area contributed by atoms with Crippen LogP contribution >= 0.6 is 23.2 Å². The topological polar surface area (TPSA) is 0 Å². The standard InChI is InChI=1S/C22H22Cl2/c23-19-5-1-3-17(8-19)21-10-15-7-16(11-21)13-22(12-15,14-21)18-4-2-6-20(24)9-18/h1-6,8-9,15-16H,7,10-14H2. The third-order valence-corrected chi connectivity index (χ3v) is 7.41. The molecule has 0 atom stereocenters. The molecular weight excluding hydrogens is 335 g/mol. The summed E-state index contributed by atoms with van der Waals surface area (Å²) in [7, 11) is 0. The van der Waals surface area contributed by atoms with E-state index in [0.717, 1.165) is 21.9 Å². The van der Waals surface area contributed by atoms with E-state index in [1.165, 1.54) is 49.7 Å². The lowest BCUT2D eigenvalue weighted by Crippen LogP contribution is -2.55. The summed E-state index contributed by atoms with van der Waals surface area (Å²) < 4.78 is 0. The molecule has 24 heavy (non-hydrogen) atoms. The predicted molar refractivity (Wildman–Crippen MR) is 101 cm³/mol. The van der Waals surface area contributed by atoms with Gasteiger partial charge >= 0.3 is 0 Å². The molecule has 2 aromatic rings. The Morgan fingerprint density at radius 3 is 1.58 bits per heavy atom. The molecule has 0 aromatic heterocycles. The van der Waals surface area contributed by atoms with Crippen LogP contribution < -0.4 is 0 Å². The summed E-state index contributed by atoms with van der Waals surface area (Å²) in [5, 5.41) is 1.75. The molecule has 0 heterocycles. The molecule has 4 saturated carbocycles. The summed E-state index contributed by atoms with van der Waals surface area (Å²) >= 11 is 12.7. The summed E-state index contributed by atoms with van der Waals surface area (Å²) in [5.74, 6) is 1.70. The molecule has 0 amide bonds. The second-order valence-corrected chi connectivity index (χ2v) is 9.42. The summed E-state index contributed by atoms with van der Waals surface area (Å²) in [6.45, 7) is 0. The van der Waals surface area contributed by atoms with E-state index in [1.54, 1.807) is 0 Å². The average molecular weight is 357 g/mol. The van der Waals surface area contributed by atoms with Gasteiger partial charge in [0.25, 0.3) is 0 Å². The molecule has 4 aliphatic carbocycles. The van der Waals surface area contributed by atoms with Gasteiger partial charge in [-0.05, 0) is 96.6 Å². The van der Waals surface area contributed by atoms with Crippen molar-refractivity contribution in [3.63, 3.8) is 0 Å². The van der Waals surface area contributed by atoms with Crippen LogP contribution in [0.5, 0.6) is 0 Å². The zero-order chi connectivity index (χ0) is 16.4. The van der Waals surface area contributed by atoms with Crippen LogP contribution in [-0.4, -0.2) is 0 Å². The van der Waals surface area contributed by atoms with Crippen molar-refractivity contribution in [3.05, 3.63) is 69.7 Å². The van der Waals surface area contributed by atoms with E-state index >= 15 is 0 Å². The van der Waals surface area contributed by atoms with E-state index in [-0.39, 0.29) is 0 Å². The Kier molecular flexibility index (Phi) is 3.35. The van der Waals surface area contributed by atoms with Crippen LogP contribution in [0.4, 0.5) is 0 Å². The van der Waals surface area contributed by atoms with Gasteiger partial charge in [-0.2, -0.15) is 0 Å². The normalized spacial score (nSPS) is 36.9. The predicted octanol–water partition coefficient (Wildman–Crippen LogP) is 6.78. The summed E-state index contributed by atoms with van der Waals surface area (Å²) in [4.78, 5) is 0. The SMILES string of the molecule is Clc1cccc(C23CC4CC(C2)CC(c2cccc(Cl)c2)(C4)C3)c1. The van der Waals surface area contributed by atoms with E-state index in [2.05, 4.69) is 36.4 Å². The van der Waals surface area contributed by atoms with Gasteiger partial charge in [0.2, 0.25) is 0 Å². The molecule has 2 heteroatoms. The number of hydrogen-bond donors (Lipinski definition) is 0. The van der Waals surface area contributed by atoms with Gasteiger partial charge in [-0.3, -0.25) is 0 Å². The Morgan fingerprint density at radius 1 is 0.708 bits per heavy atom. The second-order valence-electron chi connectivity index (χ2n) is 8.54. The number of hydrogen-bond acceptors (Lipinski definition) is 0. The number of benzene rings is 2. The fourth-order valence-electron chi connectivity index (χ4n) is 6.57. The number of halogens is 2. The van der Waals surface area contributed by atoms with Crippen molar-refractivity contribution in [2.24, 2.45) is 11.8 Å². The van der Waals surface area contributed by atoms with Crippen LogP contribution in [0.15, 0.2) is 48.5 Å². The molecule has 0 saturated heterocycles. The first-order chi connectivity index (χ1) is 11.6. The second kappa shape index (κ2) is 5.26. The van der Waals surface area contributed by atoms with E-state index in [1.807, 2.05) is 12.1 Å². The van der Waals surface area contributed by atoms with Crippen molar-refractivity contribution in [2.45, 2.75) is 49.4 Å². The summed E-state index contributed by atoms with van der Waals surface area (Å²) in [5.41, 5.74) is 3.57. The van der Waals surface area contributed by atoms with E-state index in [4.69, 9.17) is 23.2 Å². The molecule has 0 N–H and O–H groups in total. The third-order valence-electron chi connectivity index (χ3n) is 6.94. The lowest BCUT2D eigenvalue weighted by molar-refractivity contribution is -0.0281. The fraction of sp³-hybridized carbons (Fsp3) is 0.455. The molecule has 0 spiro atoms. The van der Waals surface area contributed by atoms with Crippen LogP contribution in [0, 0.1) is 11.8 Å². The summed E-state index contributed by atoms with van der Waals surface area (Å²) in [6, 6.07) is 17.3. The Labute approximate surface area is 154 Å². The van der Waals surface area contributed by atoms with Crippen LogP contribution in [0.25, 0.3) is 0 Å². The van der Waals surface area contributed by atoms with Gasteiger partial charge in [0.05, 0.1) is 0 Å². The maximum absolute atomic E-state index is 6.34. The zero-order valence-corrected chi connectivity index (χ0v) is 15.3. The van der Waals surface area contributed by atoms with Gasteiger partial charge < -0.3 is 0 Å². The molecule has 0 unspecified atom stereocenters. The van der Waals surface area contributed by atoms with Crippen molar-refractivity contribution < 1.29 is 0 Å². The molecule has 0 aliphatic heterocycles. The highest BCUT2D eigenvalue weighted by atomic mass is 35.5. The van der Waals surface area contributed by atoms with Crippen LogP contribution in [0.1, 0.15) is 49.7 Å². The first kappa shape index (κ1) is 15.3. The molecular formula is C22H22Cl2. The smallest absolute Gasteiger partial charge is 0.0408 e. The molecule has 124 valence electrons. The maximum Gasteiger partial charge on any atom is 0.0408 e. The van der Waals surface area contributed by atoms with Crippen molar-refractivity contribution in [1.82, 2.24) is 0 Å². The average Bonchev–Trinajstić information content (AvgIpc) is 2.54. The van der Waals surface area contributed by atoms with Gasteiger partial charge in [0.15, 0.2) is 0 Å². The van der Waals surface area contributed by atoms with Crippen LogP contribution in [0.3, 0.4) is 0 Å². The van der Waals surface area contributed by atoms with Gasteiger partial charge in [0, 0.05) is 10.0 Å². The Morgan fingerprint density at radius 2 is 1.17 bits per heavy atom. The molecule has 4 fully saturated rings. The molecule has 0 nitrogen and oxygen atoms in total. The maximum atomic E-state index is 6.34. The molecule has 0 radical (unpaired) electrons. The Balaban J connectivity index is 1.63. The first-order valence-corrected chi connectivity index (χ1v) is 9.85. The highest BCUT2D eigenvalue weighted by Crippen LogP contribution is 2.66. The van der Waals surface area contributed by atoms with Crippen molar-refractivity contribution in [2.75, 3.05) is 0 Å². The van der Waals surface area contributed by atoms with E-state index in [9.17, 15) is 0 Å². The minimum absolute atomic E-state index is 0.317. The van der Waals surface area contributed by atoms with Gasteiger partial charge in [-0.15, -0.1) is 0 Å². The third kappa shape index (κ3) is 2.26. The molecule has 6 rings (SSSR count). The minimum Gasteiger partial charge on any atom is -0.0843 e. The lowest BCUT2D eigenvalue weighted by atomic mass is 9.42. The summed E-state index contributed by atoms with van der Waals surface area (Å²) in [6.07, 6.45) is 8.04. The monoisotopic (exact) mass is 356 g/mol. The van der Waals surface area contributed by atoms with Gasteiger partial charge in [-0.1, -0.05) is 47.5 Å². The Bertz CT molecular complexity index is 717. The van der Waals surface area contributed by atoms with Crippen molar-refractivity contribution in [1.29, 1.82) is 0 Å². The number of rotatable bonds is 2. The fourth-order valence-corrected chi connectivity index (χ4v) is 6.96. The van der Waals surface area contributed by atoms with Crippen LogP contribution in [0.2, 0.25) is 10.0 Å². The highest BCUT2D eigenvalue weighted by Gasteiger charge is 2.58. The highest BCUT2D eigenvalue weighted by molar-refractivity contribution is 6.30. The van der Waals surface area contributed by atoms with E-state index in [0.29, 0.717) is 10.8 Å². The van der Waals surface area contributed by atoms with Crippen molar-refractivity contribution in [3.8, 4) is 0 Å². The minimum atomic E-state index is 0.317. The molecule has 4 bridgehead atoms. The van der Waals surface area contributed by atoms with Crippen molar-refractivity contribution >= 4 is 23.2 Å². The Hall–Kier alpha value is -0.980. The quantitative estimate of drug-likeness (QED) is 0.555. The molecule has 4 aliphatic rings. The van der Waals surface area contributed by atoms with E-state index < -0.39 is 0 Å². The zero-order valence-electron chi connectivity index (χ0n) is 13.8. The van der Waals surface area contributed by atoms with Crippen LogP contribution in [-0.2, 0) is 10.8 Å². The van der Waals surface area contributed by atoms with Gasteiger partial charge in [0.1, 0.15) is 0 Å². The first-order valence-electron chi connectivity index (χ1n) is 9.09. The lowest BCUT2D eigenvalue weighted by Gasteiger charge is -2.63. The van der Waals surface area contributed by atoms with Gasteiger partial charge in [-0.25, -0.2) is 0 Å². The largest absolute Gasteiger partial charge is 0.0843 e. The molecule has 2 aromatic carbocycles.